The fraction of sp³-hybridized carbons (Fsp3) is 0.938. The summed E-state index contributed by atoms with van der Waals surface area (Å²) < 4.78 is 0. The molecule has 0 spiro atoms. The standard InChI is InChI=1S/C16H32N4/c1-15(2)18-16(3,14-17)8-7-9-19(4)12-13-20-10-5-6-11-20/h15,18H,5-13H2,1-4H3. The van der Waals surface area contributed by atoms with E-state index in [1.807, 2.05) is 6.92 Å². The maximum absolute atomic E-state index is 9.31. The number of nitriles is 1. The van der Waals surface area contributed by atoms with Gasteiger partial charge < -0.3 is 9.80 Å². The van der Waals surface area contributed by atoms with E-state index in [0.717, 1.165) is 25.9 Å². The number of rotatable bonds is 9. The minimum Gasteiger partial charge on any atom is -0.305 e. The van der Waals surface area contributed by atoms with Crippen LogP contribution in [0.3, 0.4) is 0 Å². The van der Waals surface area contributed by atoms with E-state index in [-0.39, 0.29) is 5.54 Å². The Kier molecular flexibility index (Phi) is 7.50. The number of likely N-dealkylation sites (tertiary alicyclic amines) is 1. The molecule has 1 unspecified atom stereocenters. The summed E-state index contributed by atoms with van der Waals surface area (Å²) in [6.07, 6.45) is 4.71. The maximum atomic E-state index is 9.31. The molecule has 1 aliphatic rings. The first kappa shape index (κ1) is 17.4. The van der Waals surface area contributed by atoms with Crippen LogP contribution in [0.2, 0.25) is 0 Å². The van der Waals surface area contributed by atoms with Gasteiger partial charge in [0, 0.05) is 19.1 Å². The van der Waals surface area contributed by atoms with Gasteiger partial charge in [-0.15, -0.1) is 0 Å². The second kappa shape index (κ2) is 8.61. The predicted molar refractivity (Wildman–Crippen MR) is 84.7 cm³/mol. The van der Waals surface area contributed by atoms with Crippen LogP contribution >= 0.6 is 0 Å². The maximum Gasteiger partial charge on any atom is 0.104 e. The third-order valence-corrected chi connectivity index (χ3v) is 4.07. The van der Waals surface area contributed by atoms with Crippen molar-refractivity contribution in [1.29, 1.82) is 5.26 Å². The van der Waals surface area contributed by atoms with Gasteiger partial charge in [-0.2, -0.15) is 5.26 Å². The fourth-order valence-corrected chi connectivity index (χ4v) is 2.93. The molecule has 0 bridgehead atoms. The minimum atomic E-state index is -0.385. The third-order valence-electron chi connectivity index (χ3n) is 4.07. The summed E-state index contributed by atoms with van der Waals surface area (Å²) in [6, 6.07) is 2.78. The van der Waals surface area contributed by atoms with Gasteiger partial charge in [0.25, 0.3) is 0 Å². The Morgan fingerprint density at radius 1 is 1.30 bits per heavy atom. The zero-order valence-corrected chi connectivity index (χ0v) is 13.8. The van der Waals surface area contributed by atoms with Crippen molar-refractivity contribution in [3.8, 4) is 6.07 Å². The van der Waals surface area contributed by atoms with E-state index in [1.54, 1.807) is 0 Å². The summed E-state index contributed by atoms with van der Waals surface area (Å²) in [7, 11) is 2.19. The van der Waals surface area contributed by atoms with Crippen LogP contribution in [0.5, 0.6) is 0 Å². The molecule has 20 heavy (non-hydrogen) atoms. The summed E-state index contributed by atoms with van der Waals surface area (Å²) in [4.78, 5) is 4.95. The molecule has 0 aliphatic carbocycles. The molecule has 116 valence electrons. The summed E-state index contributed by atoms with van der Waals surface area (Å²) in [5.41, 5.74) is -0.385. The number of nitrogens with zero attached hydrogens (tertiary/aromatic N) is 3. The molecule has 1 aliphatic heterocycles. The van der Waals surface area contributed by atoms with Crippen LogP contribution in [0.4, 0.5) is 0 Å². The monoisotopic (exact) mass is 280 g/mol. The van der Waals surface area contributed by atoms with Gasteiger partial charge >= 0.3 is 0 Å². The van der Waals surface area contributed by atoms with E-state index in [2.05, 4.69) is 42.1 Å². The lowest BCUT2D eigenvalue weighted by molar-refractivity contribution is 0.247. The van der Waals surface area contributed by atoms with Crippen molar-refractivity contribution in [2.45, 2.75) is 58.0 Å². The lowest BCUT2D eigenvalue weighted by Gasteiger charge is -2.27. The van der Waals surface area contributed by atoms with E-state index < -0.39 is 0 Å². The van der Waals surface area contributed by atoms with Crippen LogP contribution in [0.1, 0.15) is 46.5 Å². The second-order valence-electron chi connectivity index (χ2n) is 6.70. The van der Waals surface area contributed by atoms with Gasteiger partial charge in [0.1, 0.15) is 5.54 Å². The largest absolute Gasteiger partial charge is 0.305 e. The Hall–Kier alpha value is -0.630. The minimum absolute atomic E-state index is 0.354. The molecular formula is C16H32N4. The molecule has 0 amide bonds. The molecule has 1 fully saturated rings. The zero-order valence-electron chi connectivity index (χ0n) is 13.8. The molecule has 1 rings (SSSR count). The smallest absolute Gasteiger partial charge is 0.104 e. The molecule has 0 radical (unpaired) electrons. The van der Waals surface area contributed by atoms with Gasteiger partial charge in [-0.3, -0.25) is 5.32 Å². The molecular weight excluding hydrogens is 248 g/mol. The van der Waals surface area contributed by atoms with Crippen LogP contribution < -0.4 is 5.32 Å². The first-order chi connectivity index (χ1) is 9.45. The molecule has 0 aromatic rings. The van der Waals surface area contributed by atoms with Crippen molar-refractivity contribution < 1.29 is 0 Å². The highest BCUT2D eigenvalue weighted by Crippen LogP contribution is 2.13. The Bertz CT molecular complexity index is 304. The van der Waals surface area contributed by atoms with Crippen LogP contribution in [0.25, 0.3) is 0 Å². The molecule has 0 aromatic heterocycles. The Balaban J connectivity index is 2.16. The van der Waals surface area contributed by atoms with Crippen molar-refractivity contribution in [1.82, 2.24) is 15.1 Å². The highest BCUT2D eigenvalue weighted by atomic mass is 15.2. The second-order valence-corrected chi connectivity index (χ2v) is 6.70. The van der Waals surface area contributed by atoms with Gasteiger partial charge in [-0.1, -0.05) is 0 Å². The molecule has 4 heteroatoms. The first-order valence-electron chi connectivity index (χ1n) is 8.05. The Labute approximate surface area is 125 Å². The van der Waals surface area contributed by atoms with E-state index in [4.69, 9.17) is 0 Å². The summed E-state index contributed by atoms with van der Waals surface area (Å²) in [6.45, 7) is 12.2. The van der Waals surface area contributed by atoms with E-state index in [1.165, 1.54) is 32.5 Å². The topological polar surface area (TPSA) is 42.3 Å². The number of likely N-dealkylation sites (N-methyl/N-ethyl adjacent to an activating group) is 1. The zero-order chi connectivity index (χ0) is 15.0. The van der Waals surface area contributed by atoms with Crippen LogP contribution in [-0.2, 0) is 0 Å². The Morgan fingerprint density at radius 2 is 1.95 bits per heavy atom. The van der Waals surface area contributed by atoms with Crippen molar-refractivity contribution in [3.05, 3.63) is 0 Å². The SMILES string of the molecule is CC(C)NC(C)(C#N)CCCN(C)CCN1CCCC1. The van der Waals surface area contributed by atoms with Gasteiger partial charge in [0.2, 0.25) is 0 Å². The third kappa shape index (κ3) is 6.69. The van der Waals surface area contributed by atoms with Crippen molar-refractivity contribution >= 4 is 0 Å². The summed E-state index contributed by atoms with van der Waals surface area (Å²) >= 11 is 0. The van der Waals surface area contributed by atoms with Gasteiger partial charge in [0.05, 0.1) is 6.07 Å². The molecule has 1 saturated heterocycles. The molecule has 1 atom stereocenters. The average Bonchev–Trinajstić information content (AvgIpc) is 2.88. The van der Waals surface area contributed by atoms with Gasteiger partial charge in [-0.05, 0) is 73.1 Å². The number of hydrogen-bond acceptors (Lipinski definition) is 4. The van der Waals surface area contributed by atoms with Crippen molar-refractivity contribution in [2.24, 2.45) is 0 Å². The van der Waals surface area contributed by atoms with Crippen LogP contribution in [-0.4, -0.2) is 61.2 Å². The Morgan fingerprint density at radius 3 is 2.50 bits per heavy atom. The highest BCUT2D eigenvalue weighted by molar-refractivity contribution is 5.04. The average molecular weight is 280 g/mol. The lowest BCUT2D eigenvalue weighted by atomic mass is 9.96. The lowest BCUT2D eigenvalue weighted by Crippen LogP contribution is -2.45. The molecule has 1 heterocycles. The van der Waals surface area contributed by atoms with Gasteiger partial charge in [0.15, 0.2) is 0 Å². The van der Waals surface area contributed by atoms with Crippen molar-refractivity contribution in [3.63, 3.8) is 0 Å². The van der Waals surface area contributed by atoms with Gasteiger partial charge in [-0.25, -0.2) is 0 Å². The highest BCUT2D eigenvalue weighted by Gasteiger charge is 2.23. The normalized spacial score (nSPS) is 19.4. The summed E-state index contributed by atoms with van der Waals surface area (Å²) in [5.74, 6) is 0. The first-order valence-corrected chi connectivity index (χ1v) is 8.05. The van der Waals surface area contributed by atoms with E-state index in [9.17, 15) is 5.26 Å². The predicted octanol–water partition coefficient (Wildman–Crippen LogP) is 2.07. The molecule has 4 nitrogen and oxygen atoms in total. The van der Waals surface area contributed by atoms with Crippen LogP contribution in [0, 0.1) is 11.3 Å². The molecule has 1 N–H and O–H groups in total. The van der Waals surface area contributed by atoms with Crippen molar-refractivity contribution in [2.75, 3.05) is 39.8 Å². The number of nitrogens with one attached hydrogen (secondary N) is 1. The van der Waals surface area contributed by atoms with E-state index in [0.29, 0.717) is 6.04 Å². The quantitative estimate of drug-likeness (QED) is 0.702. The van der Waals surface area contributed by atoms with Crippen LogP contribution in [0.15, 0.2) is 0 Å². The van der Waals surface area contributed by atoms with E-state index >= 15 is 0 Å². The fourth-order valence-electron chi connectivity index (χ4n) is 2.93. The number of hydrogen-bond donors (Lipinski definition) is 1. The summed E-state index contributed by atoms with van der Waals surface area (Å²) in [5, 5.41) is 12.7. The molecule has 0 saturated carbocycles. The molecule has 0 aromatic carbocycles.